The van der Waals surface area contributed by atoms with Crippen molar-refractivity contribution in [2.24, 2.45) is 28.6 Å². The molecule has 0 unspecified atom stereocenters. The summed E-state index contributed by atoms with van der Waals surface area (Å²) in [4.78, 5) is 25.2. The third kappa shape index (κ3) is 7.12. The summed E-state index contributed by atoms with van der Waals surface area (Å²) in [6.45, 7) is 2.45. The SMILES string of the molecule is C[C@H]1O[C@H](O[C@H]2CC[C@]3(C=O)[C@H]4CC[C@]5(C)[C@@H](C6=CC(=O)OC6)CC[C@]5(O)[C@@H]4CC[C@]3(O)C2)C[C@H](O)[C@@H]1O[C@H]1O[C@H](CO)[C@H](O[C@@H]2O[C@H](CO)[C@@H](O)[C@H](O)[C@H]2O)[C@H](O)[C@H]1O. The largest absolute Gasteiger partial charge is 0.458 e. The van der Waals surface area contributed by atoms with Crippen molar-refractivity contribution in [3.8, 4) is 0 Å². The van der Waals surface area contributed by atoms with Gasteiger partial charge in [-0.25, -0.2) is 4.79 Å². The second kappa shape index (κ2) is 16.7. The van der Waals surface area contributed by atoms with Crippen molar-refractivity contribution in [3.05, 3.63) is 11.6 Å². The Hall–Kier alpha value is -1.76. The molecule has 4 saturated carbocycles. The molecule has 0 amide bonds. The zero-order valence-electron chi connectivity index (χ0n) is 33.9. The Morgan fingerprint density at radius 3 is 2.08 bits per heavy atom. The van der Waals surface area contributed by atoms with Crippen molar-refractivity contribution < 1.29 is 93.8 Å². The fraction of sp³-hybridized carbons (Fsp3) is 0.902. The number of aliphatic hydroxyl groups excluding tert-OH is 8. The van der Waals surface area contributed by atoms with Crippen LogP contribution in [-0.4, -0.2) is 186 Å². The Kier molecular flexibility index (Phi) is 12.4. The van der Waals surface area contributed by atoms with Crippen LogP contribution in [0, 0.1) is 28.6 Å². The second-order valence-electron chi connectivity index (χ2n) is 18.9. The molecule has 0 aromatic carbocycles. The minimum absolute atomic E-state index is 0.00494. The predicted octanol–water partition coefficient (Wildman–Crippen LogP) is -2.57. The van der Waals surface area contributed by atoms with E-state index in [-0.39, 0.29) is 43.2 Å². The highest BCUT2D eigenvalue weighted by Gasteiger charge is 2.71. The molecule has 3 saturated heterocycles. The molecular formula is C41H62O19. The Morgan fingerprint density at radius 1 is 0.767 bits per heavy atom. The van der Waals surface area contributed by atoms with Crippen LogP contribution in [0.15, 0.2) is 11.6 Å². The average molecular weight is 859 g/mol. The van der Waals surface area contributed by atoms with Crippen LogP contribution >= 0.6 is 0 Å². The summed E-state index contributed by atoms with van der Waals surface area (Å²) < 4.78 is 40.4. The number of carbonyl (C=O) groups excluding carboxylic acids is 2. The second-order valence-corrected chi connectivity index (χ2v) is 18.9. The molecule has 8 aliphatic rings. The lowest BCUT2D eigenvalue weighted by atomic mass is 9.41. The summed E-state index contributed by atoms with van der Waals surface area (Å²) in [5.41, 5.74) is -3.15. The fourth-order valence-corrected chi connectivity index (χ4v) is 12.8. The monoisotopic (exact) mass is 858 g/mol. The van der Waals surface area contributed by atoms with Crippen molar-refractivity contribution >= 4 is 12.3 Å². The lowest BCUT2D eigenvalue weighted by Crippen LogP contribution is -2.69. The Morgan fingerprint density at radius 2 is 1.43 bits per heavy atom. The minimum atomic E-state index is -1.82. The zero-order valence-corrected chi connectivity index (χ0v) is 33.9. The first-order valence-electron chi connectivity index (χ1n) is 21.5. The van der Waals surface area contributed by atoms with Gasteiger partial charge in [-0.3, -0.25) is 0 Å². The minimum Gasteiger partial charge on any atom is -0.458 e. The number of hydrogen-bond donors (Lipinski definition) is 10. The van der Waals surface area contributed by atoms with Gasteiger partial charge in [-0.15, -0.1) is 0 Å². The number of fused-ring (bicyclic) bond motifs is 5. The van der Waals surface area contributed by atoms with Gasteiger partial charge in [0, 0.05) is 24.3 Å². The maximum absolute atomic E-state index is 13.3. The molecule has 10 N–H and O–H groups in total. The maximum atomic E-state index is 13.3. The molecule has 4 aliphatic carbocycles. The predicted molar refractivity (Wildman–Crippen MR) is 199 cm³/mol. The van der Waals surface area contributed by atoms with Crippen molar-refractivity contribution in [1.29, 1.82) is 0 Å². The van der Waals surface area contributed by atoms with Gasteiger partial charge in [0.15, 0.2) is 18.9 Å². The summed E-state index contributed by atoms with van der Waals surface area (Å²) in [5, 5.41) is 109. The third-order valence-electron chi connectivity index (χ3n) is 16.1. The van der Waals surface area contributed by atoms with Crippen LogP contribution in [0.25, 0.3) is 0 Å². The van der Waals surface area contributed by atoms with E-state index in [1.165, 1.54) is 0 Å². The number of aldehydes is 1. The van der Waals surface area contributed by atoms with Gasteiger partial charge >= 0.3 is 5.97 Å². The highest BCUT2D eigenvalue weighted by atomic mass is 16.8. The van der Waals surface area contributed by atoms with Crippen LogP contribution in [0.1, 0.15) is 78.1 Å². The van der Waals surface area contributed by atoms with Crippen LogP contribution in [0.3, 0.4) is 0 Å². The van der Waals surface area contributed by atoms with Crippen LogP contribution in [0.5, 0.6) is 0 Å². The Labute approximate surface area is 347 Å². The molecule has 340 valence electrons. The number of cyclic esters (lactones) is 1. The molecule has 0 aromatic heterocycles. The number of esters is 1. The highest BCUT2D eigenvalue weighted by Crippen LogP contribution is 2.70. The van der Waals surface area contributed by atoms with Gasteiger partial charge in [0.25, 0.3) is 0 Å². The van der Waals surface area contributed by atoms with E-state index in [9.17, 15) is 60.7 Å². The lowest BCUT2D eigenvalue weighted by molar-refractivity contribution is -0.373. The number of aliphatic hydroxyl groups is 10. The van der Waals surface area contributed by atoms with E-state index in [1.54, 1.807) is 13.0 Å². The maximum Gasteiger partial charge on any atom is 0.331 e. The molecule has 4 heterocycles. The first-order chi connectivity index (χ1) is 28.4. The summed E-state index contributed by atoms with van der Waals surface area (Å²) in [7, 11) is 0. The van der Waals surface area contributed by atoms with E-state index in [0.717, 1.165) is 11.9 Å². The van der Waals surface area contributed by atoms with Crippen LogP contribution in [-0.2, 0) is 42.7 Å². The quantitative estimate of drug-likeness (QED) is 0.0613. The van der Waals surface area contributed by atoms with Gasteiger partial charge < -0.3 is 89.0 Å². The number of hydrogen-bond acceptors (Lipinski definition) is 19. The number of ether oxygens (including phenoxy) is 7. The van der Waals surface area contributed by atoms with E-state index in [0.29, 0.717) is 51.4 Å². The smallest absolute Gasteiger partial charge is 0.331 e. The molecule has 0 aromatic rings. The summed E-state index contributed by atoms with van der Waals surface area (Å²) in [5.74, 6) is -0.820. The Balaban J connectivity index is 0.876. The molecule has 0 spiro atoms. The van der Waals surface area contributed by atoms with Crippen LogP contribution in [0.4, 0.5) is 0 Å². The van der Waals surface area contributed by atoms with Gasteiger partial charge in [-0.05, 0) is 81.6 Å². The first kappa shape index (κ1) is 44.8. The van der Waals surface area contributed by atoms with Gasteiger partial charge in [-0.2, -0.15) is 0 Å². The molecule has 19 nitrogen and oxygen atoms in total. The average Bonchev–Trinajstić information content (AvgIpc) is 3.77. The van der Waals surface area contributed by atoms with Gasteiger partial charge in [0.05, 0.1) is 48.1 Å². The van der Waals surface area contributed by atoms with Crippen LogP contribution < -0.4 is 0 Å². The van der Waals surface area contributed by atoms with Gasteiger partial charge in [0.1, 0.15) is 67.8 Å². The summed E-state index contributed by atoms with van der Waals surface area (Å²) >= 11 is 0. The van der Waals surface area contributed by atoms with E-state index < -0.39 is 127 Å². The number of rotatable bonds is 10. The van der Waals surface area contributed by atoms with Gasteiger partial charge in [0.2, 0.25) is 0 Å². The number of carbonyl (C=O) groups is 2. The first-order valence-corrected chi connectivity index (χ1v) is 21.5. The van der Waals surface area contributed by atoms with Crippen molar-refractivity contribution in [3.63, 3.8) is 0 Å². The fourth-order valence-electron chi connectivity index (χ4n) is 12.8. The topological polar surface area (TPSA) is 301 Å². The molecule has 19 heteroatoms. The van der Waals surface area contributed by atoms with Crippen LogP contribution in [0.2, 0.25) is 0 Å². The zero-order chi connectivity index (χ0) is 43.1. The molecular weight excluding hydrogens is 796 g/mol. The molecule has 0 radical (unpaired) electrons. The normalized spacial score (nSPS) is 54.3. The van der Waals surface area contributed by atoms with Crippen molar-refractivity contribution in [1.82, 2.24) is 0 Å². The standard InChI is InChI=1S/C41H62O19/c1-18-34(59-37-33(51)31(49)35(26(15-43)58-37)60-36-32(50)30(48)29(47)25(14-42)57-36)24(45)12-28(55-18)56-20-3-8-39(17-44)22-4-7-38(2)21(19-11-27(46)54-16-19)6-10-41(38,53)23(22)5-9-40(39,52)13-20/h11,17-18,20-26,28-37,42-43,45,47-53H,3-10,12-16H2,1-2H3/t18-,20+,21-,22+,23-,24+,25-,26-,28-,29-,30+,31-,32-,33-,34-,35+,36+,37-,38-,39+,40+,41+/m1/s1. The summed E-state index contributed by atoms with van der Waals surface area (Å²) in [6, 6.07) is 0. The van der Waals surface area contributed by atoms with E-state index in [2.05, 4.69) is 6.92 Å². The lowest BCUT2D eigenvalue weighted by Gasteiger charge is -2.65. The third-order valence-corrected chi connectivity index (χ3v) is 16.1. The van der Waals surface area contributed by atoms with E-state index in [1.807, 2.05) is 0 Å². The van der Waals surface area contributed by atoms with Crippen molar-refractivity contribution in [2.45, 2.75) is 181 Å². The van der Waals surface area contributed by atoms with Crippen molar-refractivity contribution in [2.75, 3.05) is 19.8 Å². The molecule has 7 fully saturated rings. The Bertz CT molecular complexity index is 1600. The molecule has 8 rings (SSSR count). The van der Waals surface area contributed by atoms with E-state index in [4.69, 9.17) is 33.2 Å². The molecule has 0 bridgehead atoms. The van der Waals surface area contributed by atoms with Gasteiger partial charge in [-0.1, -0.05) is 6.92 Å². The highest BCUT2D eigenvalue weighted by molar-refractivity contribution is 5.85. The molecule has 22 atom stereocenters. The summed E-state index contributed by atoms with van der Waals surface area (Å²) in [6.07, 6.45) is -14.4. The molecule has 60 heavy (non-hydrogen) atoms. The molecule has 4 aliphatic heterocycles. The van der Waals surface area contributed by atoms with E-state index >= 15 is 0 Å².